The molecule has 9 heterocycles. The number of likely N-dealkylation sites (tertiary alicyclic amines) is 1. The molecule has 15 nitrogen and oxygen atoms in total. The topological polar surface area (TPSA) is 166 Å². The molecule has 336 valence electrons. The molecule has 1 saturated heterocycles. The molecule has 0 aromatic carbocycles. The standard InChI is InChI=1S/C26H32N8S.C22H25N7S/c1-4-11-33(12-5-1)13-6-14-34-18-21(17-28-34)20-15-23-22(27-16-20)9-10-24(29-23)30-26-32-31-25(35-26)19-7-2-3-8-19;1-2-3-10-29-14-17(13-24-29)16-11-19-18(23-12-16)8-9-20(25-19)26-22-28-27-21(30-22)15-6-4-5-7-15/h9-10,15-19H,1-8,11-14H2,(H,29,30,32);8-9,11-15H,2-7,10H2,1H3,(H,25,26,28). The third-order valence-corrected chi connectivity index (χ3v) is 14.8. The molecule has 0 radical (unpaired) electrons. The van der Waals surface area contributed by atoms with Crippen molar-refractivity contribution in [1.29, 1.82) is 0 Å². The smallest absolute Gasteiger partial charge is 0.211 e. The minimum atomic E-state index is 0.574. The SMILES string of the molecule is CCCCn1cc(-c2cnc3ccc(Nc4nnc(C5CCCC5)s4)nc3c2)cn1.c1nc2ccc(Nc3nnc(C4CCCC4)s3)nc2cc1-c1cnn(CCCN2CCCCC2)c1. The minimum Gasteiger partial charge on any atom is -0.315 e. The van der Waals surface area contributed by atoms with Gasteiger partial charge in [-0.3, -0.25) is 19.3 Å². The number of unbranched alkanes of at least 4 members (excludes halogenated alkanes) is 1. The van der Waals surface area contributed by atoms with Gasteiger partial charge in [-0.25, -0.2) is 9.97 Å². The van der Waals surface area contributed by atoms with Gasteiger partial charge in [0.1, 0.15) is 21.7 Å². The minimum absolute atomic E-state index is 0.574. The third kappa shape index (κ3) is 10.9. The highest BCUT2D eigenvalue weighted by molar-refractivity contribution is 7.15. The van der Waals surface area contributed by atoms with Crippen LogP contribution in [0.5, 0.6) is 0 Å². The number of hydrogen-bond acceptors (Lipinski definition) is 15. The number of pyridine rings is 4. The molecule has 2 aliphatic carbocycles. The Kier molecular flexibility index (Phi) is 13.7. The van der Waals surface area contributed by atoms with Gasteiger partial charge in [-0.2, -0.15) is 10.2 Å². The molecular weight excluding hydrogens is 851 g/mol. The van der Waals surface area contributed by atoms with Crippen molar-refractivity contribution in [2.24, 2.45) is 0 Å². The highest BCUT2D eigenvalue weighted by Gasteiger charge is 2.23. The zero-order chi connectivity index (χ0) is 43.8. The number of aromatic nitrogens is 12. The quantitative estimate of drug-likeness (QED) is 0.0999. The molecule has 0 amide bonds. The third-order valence-electron chi connectivity index (χ3n) is 12.8. The normalized spacial score (nSPS) is 16.1. The summed E-state index contributed by atoms with van der Waals surface area (Å²) >= 11 is 3.29. The lowest BCUT2D eigenvalue weighted by Gasteiger charge is -2.26. The summed E-state index contributed by atoms with van der Waals surface area (Å²) in [5.74, 6) is 2.67. The molecule has 2 N–H and O–H groups in total. The predicted octanol–water partition coefficient (Wildman–Crippen LogP) is 11.2. The van der Waals surface area contributed by atoms with Gasteiger partial charge in [-0.15, -0.1) is 20.4 Å². The van der Waals surface area contributed by atoms with Crippen LogP contribution < -0.4 is 10.6 Å². The van der Waals surface area contributed by atoms with Crippen LogP contribution in [0, 0.1) is 0 Å². The number of hydrogen-bond donors (Lipinski definition) is 2. The lowest BCUT2D eigenvalue weighted by Crippen LogP contribution is -2.31. The maximum absolute atomic E-state index is 4.80. The Balaban J connectivity index is 0.000000155. The highest BCUT2D eigenvalue weighted by atomic mass is 32.1. The van der Waals surface area contributed by atoms with E-state index in [-0.39, 0.29) is 0 Å². The Morgan fingerprint density at radius 2 is 1.05 bits per heavy atom. The van der Waals surface area contributed by atoms with Crippen LogP contribution in [0.2, 0.25) is 0 Å². The molecule has 0 unspecified atom stereocenters. The van der Waals surface area contributed by atoms with E-state index in [0.29, 0.717) is 11.8 Å². The largest absolute Gasteiger partial charge is 0.315 e. The molecule has 0 spiro atoms. The second-order valence-corrected chi connectivity index (χ2v) is 19.6. The summed E-state index contributed by atoms with van der Waals surface area (Å²) < 4.78 is 4.04. The van der Waals surface area contributed by atoms with Crippen LogP contribution in [-0.2, 0) is 13.1 Å². The highest BCUT2D eigenvalue weighted by Crippen LogP contribution is 2.38. The number of rotatable bonds is 15. The number of nitrogens with zero attached hydrogens (tertiary/aromatic N) is 13. The van der Waals surface area contributed by atoms with Crippen molar-refractivity contribution in [3.8, 4) is 22.3 Å². The van der Waals surface area contributed by atoms with Gasteiger partial charge in [-0.1, -0.05) is 68.1 Å². The Labute approximate surface area is 387 Å². The number of aryl methyl sites for hydroxylation is 2. The van der Waals surface area contributed by atoms with Crippen molar-refractivity contribution >= 4 is 66.6 Å². The Hall–Kier alpha value is -5.78. The maximum atomic E-state index is 4.80. The second kappa shape index (κ2) is 20.6. The Bertz CT molecular complexity index is 2790. The summed E-state index contributed by atoms with van der Waals surface area (Å²) in [6, 6.07) is 12.0. The fraction of sp³-hybridized carbons (Fsp3) is 0.458. The van der Waals surface area contributed by atoms with Gasteiger partial charge in [0.25, 0.3) is 0 Å². The van der Waals surface area contributed by atoms with Crippen molar-refractivity contribution in [3.05, 3.63) is 83.6 Å². The maximum Gasteiger partial charge on any atom is 0.211 e. The molecule has 65 heavy (non-hydrogen) atoms. The summed E-state index contributed by atoms with van der Waals surface area (Å²) in [6.07, 6.45) is 29.4. The summed E-state index contributed by atoms with van der Waals surface area (Å²) in [7, 11) is 0. The lowest BCUT2D eigenvalue weighted by atomic mass is 10.1. The molecule has 1 aliphatic heterocycles. The van der Waals surface area contributed by atoms with Gasteiger partial charge in [0.15, 0.2) is 0 Å². The first-order valence-electron chi connectivity index (χ1n) is 23.6. The van der Waals surface area contributed by atoms with Crippen LogP contribution in [0.1, 0.15) is 119 Å². The van der Waals surface area contributed by atoms with Crippen LogP contribution >= 0.6 is 22.7 Å². The van der Waals surface area contributed by atoms with Crippen LogP contribution in [0.3, 0.4) is 0 Å². The zero-order valence-corrected chi connectivity index (χ0v) is 38.8. The molecule has 17 heteroatoms. The summed E-state index contributed by atoms with van der Waals surface area (Å²) in [6.45, 7) is 7.72. The van der Waals surface area contributed by atoms with E-state index in [4.69, 9.17) is 9.97 Å². The molecule has 11 rings (SSSR count). The lowest BCUT2D eigenvalue weighted by molar-refractivity contribution is 0.222. The second-order valence-electron chi connectivity index (χ2n) is 17.6. The molecule has 8 aromatic rings. The van der Waals surface area contributed by atoms with Crippen molar-refractivity contribution in [1.82, 2.24) is 64.8 Å². The van der Waals surface area contributed by atoms with E-state index in [2.05, 4.69) is 87.5 Å². The van der Waals surface area contributed by atoms with E-state index in [1.807, 2.05) is 58.4 Å². The first-order chi connectivity index (χ1) is 32.1. The van der Waals surface area contributed by atoms with Gasteiger partial charge in [-0.05, 0) is 107 Å². The van der Waals surface area contributed by atoms with Gasteiger partial charge >= 0.3 is 0 Å². The molecule has 2 saturated carbocycles. The van der Waals surface area contributed by atoms with E-state index in [1.165, 1.54) is 83.7 Å². The molecule has 3 aliphatic rings. The summed E-state index contributed by atoms with van der Waals surface area (Å²) in [5, 5.41) is 37.0. The van der Waals surface area contributed by atoms with E-state index >= 15 is 0 Å². The average Bonchev–Trinajstić information content (AvgIpc) is 4.20. The first kappa shape index (κ1) is 43.1. The van der Waals surface area contributed by atoms with Gasteiger partial charge in [0.2, 0.25) is 10.3 Å². The number of nitrogens with one attached hydrogen (secondary N) is 2. The molecule has 0 bridgehead atoms. The summed E-state index contributed by atoms with van der Waals surface area (Å²) in [4.78, 5) is 21.4. The van der Waals surface area contributed by atoms with Crippen molar-refractivity contribution in [2.75, 3.05) is 30.3 Å². The average molecular weight is 908 g/mol. The Morgan fingerprint density at radius 3 is 1.55 bits per heavy atom. The van der Waals surface area contributed by atoms with Gasteiger partial charge in [0.05, 0.1) is 34.5 Å². The van der Waals surface area contributed by atoms with E-state index in [1.54, 1.807) is 22.7 Å². The van der Waals surface area contributed by atoms with Crippen molar-refractivity contribution in [3.63, 3.8) is 0 Å². The van der Waals surface area contributed by atoms with E-state index < -0.39 is 0 Å². The van der Waals surface area contributed by atoms with Crippen LogP contribution in [0.15, 0.2) is 73.6 Å². The van der Waals surface area contributed by atoms with E-state index in [0.717, 1.165) is 115 Å². The van der Waals surface area contributed by atoms with Gasteiger partial charge in [0, 0.05) is 72.0 Å². The van der Waals surface area contributed by atoms with Crippen molar-refractivity contribution in [2.45, 2.75) is 122 Å². The fourth-order valence-corrected chi connectivity index (χ4v) is 11.0. The summed E-state index contributed by atoms with van der Waals surface area (Å²) in [5.41, 5.74) is 7.63. The fourth-order valence-electron chi connectivity index (χ4n) is 9.16. The molecule has 0 atom stereocenters. The monoisotopic (exact) mass is 907 g/mol. The first-order valence-corrected chi connectivity index (χ1v) is 25.2. The van der Waals surface area contributed by atoms with E-state index in [9.17, 15) is 0 Å². The van der Waals surface area contributed by atoms with Crippen LogP contribution in [0.25, 0.3) is 44.3 Å². The Morgan fingerprint density at radius 1 is 0.538 bits per heavy atom. The van der Waals surface area contributed by atoms with Crippen LogP contribution in [-0.4, -0.2) is 84.4 Å². The molecular formula is C48H57N15S2. The number of piperidine rings is 1. The zero-order valence-electron chi connectivity index (χ0n) is 37.1. The number of anilines is 4. The van der Waals surface area contributed by atoms with Crippen molar-refractivity contribution < 1.29 is 0 Å². The molecule has 3 fully saturated rings. The molecule has 8 aromatic heterocycles. The number of fused-ring (bicyclic) bond motifs is 2. The predicted molar refractivity (Wildman–Crippen MR) is 260 cm³/mol. The van der Waals surface area contributed by atoms with Gasteiger partial charge < -0.3 is 15.5 Å². The van der Waals surface area contributed by atoms with Crippen LogP contribution in [0.4, 0.5) is 21.9 Å².